The van der Waals surface area contributed by atoms with Crippen molar-refractivity contribution in [1.29, 1.82) is 0 Å². The normalized spacial score (nSPS) is 13.3. The summed E-state index contributed by atoms with van der Waals surface area (Å²) in [5.74, 6) is 0.131. The maximum atomic E-state index is 11.7. The lowest BCUT2D eigenvalue weighted by Crippen LogP contribution is -2.17. The van der Waals surface area contributed by atoms with Crippen LogP contribution in [0.2, 0.25) is 0 Å². The molecule has 0 amide bonds. The number of hydrogen-bond donors (Lipinski definition) is 1. The van der Waals surface area contributed by atoms with E-state index >= 15 is 0 Å². The quantitative estimate of drug-likeness (QED) is 0.887. The highest BCUT2D eigenvalue weighted by Gasteiger charge is 2.11. The van der Waals surface area contributed by atoms with Gasteiger partial charge in [0, 0.05) is 23.7 Å². The van der Waals surface area contributed by atoms with Gasteiger partial charge in [0.2, 0.25) is 0 Å². The minimum absolute atomic E-state index is 0.131. The fraction of sp³-hybridized carbons (Fsp3) is 0.400. The maximum absolute atomic E-state index is 11.7. The van der Waals surface area contributed by atoms with Gasteiger partial charge in [-0.2, -0.15) is 0 Å². The molecule has 1 aromatic heterocycles. The Bertz CT molecular complexity index is 691. The van der Waals surface area contributed by atoms with E-state index in [0.717, 1.165) is 10.6 Å². The van der Waals surface area contributed by atoms with Crippen LogP contribution >= 0.6 is 11.3 Å². The SMILES string of the molecule is CCS(=O)(=O)c1ccc(CNC(C)c2cnc(C)s2)cc1. The molecular weight excluding hydrogens is 304 g/mol. The lowest BCUT2D eigenvalue weighted by atomic mass is 10.2. The van der Waals surface area contributed by atoms with Crippen molar-refractivity contribution in [2.45, 2.75) is 38.3 Å². The van der Waals surface area contributed by atoms with E-state index in [0.29, 0.717) is 11.4 Å². The highest BCUT2D eigenvalue weighted by Crippen LogP contribution is 2.20. The summed E-state index contributed by atoms with van der Waals surface area (Å²) in [5, 5.41) is 4.48. The Morgan fingerprint density at radius 2 is 1.95 bits per heavy atom. The van der Waals surface area contributed by atoms with E-state index in [1.54, 1.807) is 30.4 Å². The molecule has 1 atom stereocenters. The monoisotopic (exact) mass is 324 g/mol. The van der Waals surface area contributed by atoms with Gasteiger partial charge in [-0.05, 0) is 31.5 Å². The molecule has 6 heteroatoms. The third-order valence-electron chi connectivity index (χ3n) is 3.34. The molecule has 0 bridgehead atoms. The average Bonchev–Trinajstić information content (AvgIpc) is 2.92. The Hall–Kier alpha value is -1.24. The van der Waals surface area contributed by atoms with Gasteiger partial charge in [-0.3, -0.25) is 0 Å². The number of rotatable bonds is 6. The average molecular weight is 324 g/mol. The molecule has 1 aromatic carbocycles. The summed E-state index contributed by atoms with van der Waals surface area (Å²) in [5.41, 5.74) is 1.07. The predicted octanol–water partition coefficient (Wildman–Crippen LogP) is 3.10. The number of hydrogen-bond acceptors (Lipinski definition) is 5. The van der Waals surface area contributed by atoms with Crippen molar-refractivity contribution in [3.05, 3.63) is 45.9 Å². The maximum Gasteiger partial charge on any atom is 0.178 e. The van der Waals surface area contributed by atoms with Crippen LogP contribution in [0.25, 0.3) is 0 Å². The molecule has 0 aliphatic carbocycles. The highest BCUT2D eigenvalue weighted by atomic mass is 32.2. The van der Waals surface area contributed by atoms with Gasteiger partial charge >= 0.3 is 0 Å². The van der Waals surface area contributed by atoms with E-state index < -0.39 is 9.84 Å². The Morgan fingerprint density at radius 1 is 1.29 bits per heavy atom. The smallest absolute Gasteiger partial charge is 0.178 e. The first-order chi connectivity index (χ1) is 9.92. The van der Waals surface area contributed by atoms with Crippen LogP contribution in [0.4, 0.5) is 0 Å². The molecule has 0 fully saturated rings. The van der Waals surface area contributed by atoms with Gasteiger partial charge in [0.25, 0.3) is 0 Å². The fourth-order valence-corrected chi connectivity index (χ4v) is 3.63. The van der Waals surface area contributed by atoms with Crippen LogP contribution in [-0.4, -0.2) is 19.2 Å². The summed E-state index contributed by atoms with van der Waals surface area (Å²) >= 11 is 1.69. The van der Waals surface area contributed by atoms with Crippen LogP contribution in [-0.2, 0) is 16.4 Å². The molecule has 1 heterocycles. The summed E-state index contributed by atoms with van der Waals surface area (Å²) in [6.07, 6.45) is 1.90. The topological polar surface area (TPSA) is 59.1 Å². The Labute approximate surface area is 130 Å². The molecule has 114 valence electrons. The summed E-state index contributed by atoms with van der Waals surface area (Å²) in [6, 6.07) is 7.31. The highest BCUT2D eigenvalue weighted by molar-refractivity contribution is 7.91. The molecular formula is C15H20N2O2S2. The zero-order valence-electron chi connectivity index (χ0n) is 12.5. The number of benzene rings is 1. The van der Waals surface area contributed by atoms with Gasteiger partial charge in [-0.15, -0.1) is 11.3 Å². The first-order valence-electron chi connectivity index (χ1n) is 6.90. The molecule has 0 aliphatic heterocycles. The number of sulfone groups is 1. The molecule has 2 rings (SSSR count). The standard InChI is InChI=1S/C15H20N2O2S2/c1-4-21(18,19)14-7-5-13(6-8-14)9-16-11(2)15-10-17-12(3)20-15/h5-8,10-11,16H,4,9H2,1-3H3. The number of nitrogens with one attached hydrogen (secondary N) is 1. The van der Waals surface area contributed by atoms with Crippen LogP contribution in [0.1, 0.15) is 35.3 Å². The molecule has 0 saturated carbocycles. The molecule has 2 aromatic rings. The Kier molecular flexibility index (Phi) is 5.13. The van der Waals surface area contributed by atoms with Gasteiger partial charge in [0.15, 0.2) is 9.84 Å². The molecule has 0 radical (unpaired) electrons. The van der Waals surface area contributed by atoms with E-state index in [2.05, 4.69) is 17.2 Å². The molecule has 0 aliphatic rings. The minimum atomic E-state index is -3.11. The van der Waals surface area contributed by atoms with Crippen molar-refractivity contribution in [1.82, 2.24) is 10.3 Å². The zero-order valence-corrected chi connectivity index (χ0v) is 14.1. The molecule has 1 unspecified atom stereocenters. The second kappa shape index (κ2) is 6.68. The zero-order chi connectivity index (χ0) is 15.5. The number of thiazole rings is 1. The van der Waals surface area contributed by atoms with Crippen LogP contribution in [0, 0.1) is 6.92 Å². The van der Waals surface area contributed by atoms with Crippen molar-refractivity contribution in [3.63, 3.8) is 0 Å². The van der Waals surface area contributed by atoms with Crippen molar-refractivity contribution in [2.24, 2.45) is 0 Å². The van der Waals surface area contributed by atoms with E-state index in [1.165, 1.54) is 4.88 Å². The lowest BCUT2D eigenvalue weighted by molar-refractivity contribution is 0.581. The van der Waals surface area contributed by atoms with Gasteiger partial charge in [0.05, 0.1) is 15.7 Å². The fourth-order valence-electron chi connectivity index (χ4n) is 1.93. The van der Waals surface area contributed by atoms with Crippen molar-refractivity contribution in [2.75, 3.05) is 5.75 Å². The van der Waals surface area contributed by atoms with Gasteiger partial charge < -0.3 is 5.32 Å². The summed E-state index contributed by atoms with van der Waals surface area (Å²) < 4.78 is 23.5. The minimum Gasteiger partial charge on any atom is -0.305 e. The second-order valence-corrected chi connectivity index (χ2v) is 8.48. The number of aromatic nitrogens is 1. The van der Waals surface area contributed by atoms with Crippen molar-refractivity contribution >= 4 is 21.2 Å². The summed E-state index contributed by atoms with van der Waals surface area (Å²) in [6.45, 7) is 6.45. The number of aryl methyl sites for hydroxylation is 1. The lowest BCUT2D eigenvalue weighted by Gasteiger charge is -2.12. The van der Waals surface area contributed by atoms with E-state index in [9.17, 15) is 8.42 Å². The Balaban J connectivity index is 1.98. The van der Waals surface area contributed by atoms with E-state index in [1.807, 2.05) is 25.3 Å². The number of nitrogens with zero attached hydrogens (tertiary/aromatic N) is 1. The molecule has 21 heavy (non-hydrogen) atoms. The van der Waals surface area contributed by atoms with Crippen LogP contribution in [0.5, 0.6) is 0 Å². The summed E-state index contributed by atoms with van der Waals surface area (Å²) in [7, 11) is -3.11. The molecule has 1 N–H and O–H groups in total. The van der Waals surface area contributed by atoms with Gasteiger partial charge in [-0.1, -0.05) is 19.1 Å². The van der Waals surface area contributed by atoms with Crippen LogP contribution in [0.15, 0.2) is 35.4 Å². The van der Waals surface area contributed by atoms with Crippen LogP contribution in [0.3, 0.4) is 0 Å². The second-order valence-electron chi connectivity index (χ2n) is 4.93. The third-order valence-corrected chi connectivity index (χ3v) is 6.19. The summed E-state index contributed by atoms with van der Waals surface area (Å²) in [4.78, 5) is 5.85. The van der Waals surface area contributed by atoms with Crippen molar-refractivity contribution in [3.8, 4) is 0 Å². The largest absolute Gasteiger partial charge is 0.305 e. The molecule has 0 spiro atoms. The molecule has 4 nitrogen and oxygen atoms in total. The van der Waals surface area contributed by atoms with E-state index in [4.69, 9.17) is 0 Å². The first kappa shape index (κ1) is 16.1. The van der Waals surface area contributed by atoms with E-state index in [-0.39, 0.29) is 11.8 Å². The molecule has 0 saturated heterocycles. The van der Waals surface area contributed by atoms with Crippen LogP contribution < -0.4 is 5.32 Å². The predicted molar refractivity (Wildman–Crippen MR) is 86.3 cm³/mol. The van der Waals surface area contributed by atoms with Gasteiger partial charge in [0.1, 0.15) is 0 Å². The van der Waals surface area contributed by atoms with Gasteiger partial charge in [-0.25, -0.2) is 13.4 Å². The Morgan fingerprint density at radius 3 is 2.48 bits per heavy atom. The van der Waals surface area contributed by atoms with Crippen molar-refractivity contribution < 1.29 is 8.42 Å². The first-order valence-corrected chi connectivity index (χ1v) is 9.36. The third kappa shape index (κ3) is 4.12.